The summed E-state index contributed by atoms with van der Waals surface area (Å²) in [4.78, 5) is 28.1. The van der Waals surface area contributed by atoms with Crippen LogP contribution in [-0.2, 0) is 9.59 Å². The number of Topliss-reactive ketones (excluding diaryl/α,β-unsaturated/α-hetero) is 1. The van der Waals surface area contributed by atoms with Gasteiger partial charge in [0.15, 0.2) is 5.75 Å². The molecular formula is C27H23Cl2NO5. The highest BCUT2D eigenvalue weighted by Gasteiger charge is 2.47. The first-order valence-corrected chi connectivity index (χ1v) is 11.7. The molecule has 0 radical (unpaired) electrons. The molecule has 0 aliphatic carbocycles. The van der Waals surface area contributed by atoms with Crippen LogP contribution < -0.4 is 14.4 Å². The van der Waals surface area contributed by atoms with E-state index >= 15 is 0 Å². The zero-order valence-corrected chi connectivity index (χ0v) is 20.9. The summed E-state index contributed by atoms with van der Waals surface area (Å²) >= 11 is 12.6. The van der Waals surface area contributed by atoms with Crippen molar-refractivity contribution < 1.29 is 24.2 Å². The van der Waals surface area contributed by atoms with Gasteiger partial charge in [0, 0.05) is 17.3 Å². The smallest absolute Gasteiger partial charge is 0.300 e. The number of benzene rings is 3. The Hall–Kier alpha value is -3.48. The fourth-order valence-electron chi connectivity index (χ4n) is 4.19. The normalized spacial score (nSPS) is 17.1. The molecule has 3 aromatic rings. The maximum absolute atomic E-state index is 13.3. The number of rotatable bonds is 6. The third kappa shape index (κ3) is 4.59. The van der Waals surface area contributed by atoms with Gasteiger partial charge in [0.1, 0.15) is 11.5 Å². The van der Waals surface area contributed by atoms with E-state index in [4.69, 9.17) is 32.7 Å². The maximum atomic E-state index is 13.3. The second-order valence-electron chi connectivity index (χ2n) is 7.99. The number of carbonyl (C=O) groups is 2. The molecule has 1 heterocycles. The van der Waals surface area contributed by atoms with Gasteiger partial charge in [-0.3, -0.25) is 14.5 Å². The zero-order valence-electron chi connectivity index (χ0n) is 19.3. The largest absolute Gasteiger partial charge is 0.507 e. The average Bonchev–Trinajstić information content (AvgIpc) is 3.09. The Balaban J connectivity index is 1.95. The van der Waals surface area contributed by atoms with Crippen molar-refractivity contribution in [3.8, 4) is 11.5 Å². The van der Waals surface area contributed by atoms with Gasteiger partial charge in [0.25, 0.3) is 11.7 Å². The molecule has 8 heteroatoms. The number of aliphatic hydroxyl groups excluding tert-OH is 1. The fraction of sp³-hybridized carbons (Fsp3) is 0.185. The van der Waals surface area contributed by atoms with Crippen LogP contribution in [0, 0.1) is 6.92 Å². The van der Waals surface area contributed by atoms with Crippen molar-refractivity contribution in [1.82, 2.24) is 0 Å². The van der Waals surface area contributed by atoms with Crippen LogP contribution >= 0.6 is 23.2 Å². The summed E-state index contributed by atoms with van der Waals surface area (Å²) in [7, 11) is 1.42. The molecule has 0 spiro atoms. The van der Waals surface area contributed by atoms with Crippen LogP contribution in [0.1, 0.15) is 29.7 Å². The van der Waals surface area contributed by atoms with E-state index in [-0.39, 0.29) is 32.7 Å². The van der Waals surface area contributed by atoms with Gasteiger partial charge in [0.2, 0.25) is 0 Å². The highest BCUT2D eigenvalue weighted by atomic mass is 35.5. The van der Waals surface area contributed by atoms with Crippen LogP contribution in [0.15, 0.2) is 66.2 Å². The third-order valence-corrected chi connectivity index (χ3v) is 6.25. The summed E-state index contributed by atoms with van der Waals surface area (Å²) in [5.41, 5.74) is 2.19. The number of nitrogens with zero attached hydrogens (tertiary/aromatic N) is 1. The lowest BCUT2D eigenvalue weighted by Gasteiger charge is -2.26. The minimum Gasteiger partial charge on any atom is -0.507 e. The summed E-state index contributed by atoms with van der Waals surface area (Å²) in [6, 6.07) is 16.4. The molecule has 1 amide bonds. The van der Waals surface area contributed by atoms with Crippen LogP contribution in [0.5, 0.6) is 11.5 Å². The number of aryl methyl sites for hydroxylation is 1. The third-order valence-electron chi connectivity index (χ3n) is 5.68. The minimum absolute atomic E-state index is 0.0697. The monoisotopic (exact) mass is 511 g/mol. The summed E-state index contributed by atoms with van der Waals surface area (Å²) in [5, 5.41) is 11.6. The Morgan fingerprint density at radius 1 is 1.03 bits per heavy atom. The number of carbonyl (C=O) groups excluding carboxylic acids is 2. The molecule has 0 bridgehead atoms. The lowest BCUT2D eigenvalue weighted by atomic mass is 9.94. The molecule has 0 aromatic heterocycles. The van der Waals surface area contributed by atoms with E-state index in [1.807, 2.05) is 38.1 Å². The first kappa shape index (κ1) is 24.6. The molecule has 1 saturated heterocycles. The first-order chi connectivity index (χ1) is 16.8. The quantitative estimate of drug-likeness (QED) is 0.237. The van der Waals surface area contributed by atoms with Crippen molar-refractivity contribution in [1.29, 1.82) is 0 Å². The molecule has 6 nitrogen and oxygen atoms in total. The molecule has 3 aromatic carbocycles. The molecule has 1 fully saturated rings. The fourth-order valence-corrected chi connectivity index (χ4v) is 4.83. The lowest BCUT2D eigenvalue weighted by Crippen LogP contribution is -2.29. The number of halogens is 2. The lowest BCUT2D eigenvalue weighted by molar-refractivity contribution is -0.132. The number of ether oxygens (including phenoxy) is 2. The highest BCUT2D eigenvalue weighted by Crippen LogP contribution is 2.44. The molecule has 1 N–H and O–H groups in total. The Labute approximate surface area is 213 Å². The second kappa shape index (κ2) is 10.0. The van der Waals surface area contributed by atoms with Crippen LogP contribution in [0.3, 0.4) is 0 Å². The number of hydrogen-bond donors (Lipinski definition) is 1. The number of methoxy groups -OCH3 is 1. The number of aliphatic hydroxyl groups is 1. The van der Waals surface area contributed by atoms with E-state index in [0.717, 1.165) is 5.56 Å². The number of ketones is 1. The minimum atomic E-state index is -0.883. The SMILES string of the molecule is CCOc1cccc(N2C(=O)C(=O)/C(=C(/O)c3cc(Cl)c(OC)c(Cl)c3)C2c2cccc(C)c2)c1. The Kier molecular flexibility index (Phi) is 7.05. The van der Waals surface area contributed by atoms with Gasteiger partial charge >= 0.3 is 0 Å². The molecule has 0 saturated carbocycles. The molecule has 180 valence electrons. The molecular weight excluding hydrogens is 489 g/mol. The first-order valence-electron chi connectivity index (χ1n) is 10.9. The van der Waals surface area contributed by atoms with Crippen molar-refractivity contribution in [2.45, 2.75) is 19.9 Å². The predicted octanol–water partition coefficient (Wildman–Crippen LogP) is 6.34. The molecule has 4 rings (SSSR count). The number of hydrogen-bond acceptors (Lipinski definition) is 5. The standard InChI is InChI=1S/C27H23Cl2NO5/c1-4-35-19-10-6-9-18(14-19)30-23(16-8-5-7-15(2)11-16)22(25(32)27(30)33)24(31)17-12-20(28)26(34-3)21(29)13-17/h5-14,23,31H,4H2,1-3H3/b24-22+. The van der Waals surface area contributed by atoms with Gasteiger partial charge in [-0.2, -0.15) is 0 Å². The van der Waals surface area contributed by atoms with Crippen molar-refractivity contribution >= 4 is 46.3 Å². The van der Waals surface area contributed by atoms with E-state index in [0.29, 0.717) is 23.6 Å². The van der Waals surface area contributed by atoms with E-state index in [2.05, 4.69) is 0 Å². The van der Waals surface area contributed by atoms with Crippen molar-refractivity contribution in [2.75, 3.05) is 18.6 Å². The summed E-state index contributed by atoms with van der Waals surface area (Å²) < 4.78 is 10.8. The second-order valence-corrected chi connectivity index (χ2v) is 8.80. The number of anilines is 1. The molecule has 1 atom stereocenters. The van der Waals surface area contributed by atoms with Gasteiger partial charge in [-0.1, -0.05) is 59.1 Å². The molecule has 1 unspecified atom stereocenters. The van der Waals surface area contributed by atoms with Gasteiger partial charge in [-0.25, -0.2) is 0 Å². The Morgan fingerprint density at radius 3 is 2.34 bits per heavy atom. The van der Waals surface area contributed by atoms with Gasteiger partial charge in [-0.15, -0.1) is 0 Å². The highest BCUT2D eigenvalue weighted by molar-refractivity contribution is 6.51. The van der Waals surface area contributed by atoms with Gasteiger partial charge in [0.05, 0.1) is 35.4 Å². The van der Waals surface area contributed by atoms with E-state index in [1.54, 1.807) is 24.3 Å². The van der Waals surface area contributed by atoms with Crippen LogP contribution in [0.2, 0.25) is 10.0 Å². The molecule has 1 aliphatic heterocycles. The van der Waals surface area contributed by atoms with Gasteiger partial charge in [-0.05, 0) is 43.7 Å². The van der Waals surface area contributed by atoms with E-state index in [1.165, 1.54) is 24.1 Å². The van der Waals surface area contributed by atoms with E-state index in [9.17, 15) is 14.7 Å². The van der Waals surface area contributed by atoms with Crippen LogP contribution in [0.25, 0.3) is 5.76 Å². The topological polar surface area (TPSA) is 76.1 Å². The van der Waals surface area contributed by atoms with E-state index < -0.39 is 17.7 Å². The summed E-state index contributed by atoms with van der Waals surface area (Å²) in [5.74, 6) is -1.17. The van der Waals surface area contributed by atoms with Crippen LogP contribution in [0.4, 0.5) is 5.69 Å². The summed E-state index contributed by atoms with van der Waals surface area (Å²) in [6.45, 7) is 4.22. The zero-order chi connectivity index (χ0) is 25.3. The Morgan fingerprint density at radius 2 is 1.71 bits per heavy atom. The summed E-state index contributed by atoms with van der Waals surface area (Å²) in [6.07, 6.45) is 0. The predicted molar refractivity (Wildman–Crippen MR) is 137 cm³/mol. The van der Waals surface area contributed by atoms with Crippen molar-refractivity contribution in [3.05, 3.63) is 93.0 Å². The number of amides is 1. The molecule has 1 aliphatic rings. The van der Waals surface area contributed by atoms with Crippen molar-refractivity contribution in [3.63, 3.8) is 0 Å². The Bertz CT molecular complexity index is 1330. The molecule has 35 heavy (non-hydrogen) atoms. The van der Waals surface area contributed by atoms with Crippen LogP contribution in [-0.4, -0.2) is 30.5 Å². The van der Waals surface area contributed by atoms with Gasteiger partial charge < -0.3 is 14.6 Å². The maximum Gasteiger partial charge on any atom is 0.300 e. The van der Waals surface area contributed by atoms with Crippen molar-refractivity contribution in [2.24, 2.45) is 0 Å². The average molecular weight is 512 g/mol.